The number of hydrogen-bond acceptors (Lipinski definition) is 6. The normalized spacial score (nSPS) is 19.1. The first kappa shape index (κ1) is 19.4. The summed E-state index contributed by atoms with van der Waals surface area (Å²) in [6.45, 7) is 1.43. The molecule has 0 saturated carbocycles. The van der Waals surface area contributed by atoms with Gasteiger partial charge in [0.15, 0.2) is 17.3 Å². The maximum atomic E-state index is 12.9. The summed E-state index contributed by atoms with van der Waals surface area (Å²) in [5.74, 6) is -0.584. The van der Waals surface area contributed by atoms with E-state index in [0.717, 1.165) is 22.4 Å². The van der Waals surface area contributed by atoms with Gasteiger partial charge in [-0.3, -0.25) is 4.79 Å². The van der Waals surface area contributed by atoms with E-state index in [9.17, 15) is 9.90 Å². The number of benzene rings is 2. The quantitative estimate of drug-likeness (QED) is 0.754. The van der Waals surface area contributed by atoms with Crippen molar-refractivity contribution >= 4 is 23.2 Å². The number of phenols is 1. The minimum absolute atomic E-state index is 0.0476. The summed E-state index contributed by atoms with van der Waals surface area (Å²) < 4.78 is 17.0. The molecule has 2 aliphatic heterocycles. The van der Waals surface area contributed by atoms with Gasteiger partial charge in [-0.2, -0.15) is 0 Å². The molecular weight excluding hydrogens is 372 g/mol. The number of carbonyl (C=O) groups is 1. The molecule has 0 radical (unpaired) electrons. The Bertz CT molecular complexity index is 979. The highest BCUT2D eigenvalue weighted by Gasteiger charge is 2.40. The number of nitrogens with two attached hydrogens (primary N) is 1. The number of methoxy groups -OCH3 is 1. The monoisotopic (exact) mass is 396 g/mol. The smallest absolute Gasteiger partial charge is 0.258 e. The molecule has 7 nitrogen and oxygen atoms in total. The average molecular weight is 396 g/mol. The SMILES string of the molecule is COc1cc(/C=C2\C(=O)N(C)c3ccc(C4(CCN)OCCO4)cc32)ccc1O. The Morgan fingerprint density at radius 1 is 1.24 bits per heavy atom. The molecule has 29 heavy (non-hydrogen) atoms. The van der Waals surface area contributed by atoms with Gasteiger partial charge in [0.25, 0.3) is 5.91 Å². The highest BCUT2D eigenvalue weighted by molar-refractivity contribution is 6.35. The van der Waals surface area contributed by atoms with Crippen molar-refractivity contribution in [1.29, 1.82) is 0 Å². The average Bonchev–Trinajstić information content (AvgIpc) is 3.29. The first-order valence-electron chi connectivity index (χ1n) is 9.49. The molecule has 1 amide bonds. The van der Waals surface area contributed by atoms with E-state index in [-0.39, 0.29) is 11.7 Å². The molecule has 0 atom stereocenters. The van der Waals surface area contributed by atoms with Crippen LogP contribution in [0.25, 0.3) is 11.6 Å². The van der Waals surface area contributed by atoms with Crippen LogP contribution in [0.3, 0.4) is 0 Å². The predicted octanol–water partition coefficient (Wildman–Crippen LogP) is 2.47. The Morgan fingerprint density at radius 2 is 2.00 bits per heavy atom. The molecule has 2 aromatic carbocycles. The third-order valence-electron chi connectivity index (χ3n) is 5.36. The highest BCUT2D eigenvalue weighted by atomic mass is 16.7. The molecule has 0 aliphatic carbocycles. The Kier molecular flexibility index (Phi) is 5.04. The van der Waals surface area contributed by atoms with Crippen LogP contribution in [0.15, 0.2) is 36.4 Å². The van der Waals surface area contributed by atoms with E-state index < -0.39 is 5.79 Å². The van der Waals surface area contributed by atoms with Gasteiger partial charge in [-0.1, -0.05) is 12.1 Å². The molecule has 7 heteroatoms. The van der Waals surface area contributed by atoms with E-state index in [4.69, 9.17) is 19.9 Å². The van der Waals surface area contributed by atoms with Crippen LogP contribution in [0.5, 0.6) is 11.5 Å². The lowest BCUT2D eigenvalue weighted by Crippen LogP contribution is -2.30. The molecule has 0 spiro atoms. The molecule has 3 N–H and O–H groups in total. The maximum absolute atomic E-state index is 12.9. The first-order chi connectivity index (χ1) is 14.0. The summed E-state index contributed by atoms with van der Waals surface area (Å²) in [7, 11) is 3.23. The molecule has 4 rings (SSSR count). The molecule has 2 heterocycles. The third kappa shape index (κ3) is 3.27. The van der Waals surface area contributed by atoms with Crippen molar-refractivity contribution < 1.29 is 24.1 Å². The Morgan fingerprint density at radius 3 is 2.69 bits per heavy atom. The van der Waals surface area contributed by atoms with E-state index in [1.807, 2.05) is 18.2 Å². The van der Waals surface area contributed by atoms with Crippen LogP contribution in [0, 0.1) is 0 Å². The molecular formula is C22H24N2O5. The van der Waals surface area contributed by atoms with Gasteiger partial charge in [0.1, 0.15) is 0 Å². The van der Waals surface area contributed by atoms with E-state index >= 15 is 0 Å². The molecule has 0 unspecified atom stereocenters. The standard InChI is InChI=1S/C22H24N2O5/c1-24-18-5-4-15(22(7-8-23)28-9-10-29-22)13-16(18)17(21(24)26)11-14-3-6-19(25)20(12-14)27-2/h3-6,11-13,25H,7-10,23H2,1-2H3/b17-11-. The number of aromatic hydroxyl groups is 1. The van der Waals surface area contributed by atoms with Crippen molar-refractivity contribution in [3.63, 3.8) is 0 Å². The van der Waals surface area contributed by atoms with Gasteiger partial charge in [0.2, 0.25) is 0 Å². The van der Waals surface area contributed by atoms with Crippen LogP contribution >= 0.6 is 0 Å². The zero-order valence-electron chi connectivity index (χ0n) is 16.5. The van der Waals surface area contributed by atoms with Crippen LogP contribution in [0.2, 0.25) is 0 Å². The van der Waals surface area contributed by atoms with Crippen LogP contribution in [0.1, 0.15) is 23.1 Å². The van der Waals surface area contributed by atoms with Gasteiger partial charge in [0.05, 0.1) is 26.0 Å². The number of likely N-dealkylation sites (N-methyl/N-ethyl adjacent to an activating group) is 1. The fraction of sp³-hybridized carbons (Fsp3) is 0.318. The van der Waals surface area contributed by atoms with E-state index in [1.165, 1.54) is 7.11 Å². The Balaban J connectivity index is 1.80. The molecule has 1 saturated heterocycles. The fourth-order valence-electron chi connectivity index (χ4n) is 3.88. The second-order valence-electron chi connectivity index (χ2n) is 7.07. The number of amides is 1. The highest BCUT2D eigenvalue weighted by Crippen LogP contribution is 2.42. The van der Waals surface area contributed by atoms with Crippen LogP contribution in [-0.2, 0) is 20.1 Å². The fourth-order valence-corrected chi connectivity index (χ4v) is 3.88. The lowest BCUT2D eigenvalue weighted by atomic mass is 9.96. The molecule has 152 valence electrons. The number of carbonyl (C=O) groups excluding carboxylic acids is 1. The number of phenolic OH excluding ortho intramolecular Hbond substituents is 1. The van der Waals surface area contributed by atoms with Crippen molar-refractivity contribution in [3.8, 4) is 11.5 Å². The van der Waals surface area contributed by atoms with Gasteiger partial charge in [-0.25, -0.2) is 0 Å². The second-order valence-corrected chi connectivity index (χ2v) is 7.07. The van der Waals surface area contributed by atoms with Crippen molar-refractivity contribution in [1.82, 2.24) is 0 Å². The van der Waals surface area contributed by atoms with E-state index in [1.54, 1.807) is 36.2 Å². The molecule has 0 aromatic heterocycles. The zero-order valence-corrected chi connectivity index (χ0v) is 16.5. The van der Waals surface area contributed by atoms with Crippen molar-refractivity contribution in [2.24, 2.45) is 5.73 Å². The van der Waals surface area contributed by atoms with E-state index in [0.29, 0.717) is 37.5 Å². The van der Waals surface area contributed by atoms with Gasteiger partial charge < -0.3 is 30.0 Å². The van der Waals surface area contributed by atoms with Crippen molar-refractivity contribution in [2.45, 2.75) is 12.2 Å². The van der Waals surface area contributed by atoms with Crippen LogP contribution in [-0.4, -0.2) is 44.9 Å². The minimum Gasteiger partial charge on any atom is -0.504 e. The molecule has 2 aliphatic rings. The second kappa shape index (κ2) is 7.51. The molecule has 0 bridgehead atoms. The summed E-state index contributed by atoms with van der Waals surface area (Å²) >= 11 is 0. The lowest BCUT2D eigenvalue weighted by molar-refractivity contribution is -0.168. The van der Waals surface area contributed by atoms with Crippen molar-refractivity contribution in [3.05, 3.63) is 53.1 Å². The number of rotatable bonds is 5. The molecule has 1 fully saturated rings. The Labute approximate surface area is 169 Å². The van der Waals surface area contributed by atoms with Gasteiger partial charge in [-0.15, -0.1) is 0 Å². The predicted molar refractivity (Wildman–Crippen MR) is 110 cm³/mol. The first-order valence-corrected chi connectivity index (χ1v) is 9.49. The molecule has 2 aromatic rings. The summed E-state index contributed by atoms with van der Waals surface area (Å²) in [6.07, 6.45) is 2.33. The summed E-state index contributed by atoms with van der Waals surface area (Å²) in [5.41, 5.74) is 9.56. The minimum atomic E-state index is -0.874. The van der Waals surface area contributed by atoms with E-state index in [2.05, 4.69) is 0 Å². The number of ether oxygens (including phenoxy) is 3. The van der Waals surface area contributed by atoms with Crippen molar-refractivity contribution in [2.75, 3.05) is 38.8 Å². The number of anilines is 1. The number of hydrogen-bond donors (Lipinski definition) is 2. The lowest BCUT2D eigenvalue weighted by Gasteiger charge is -2.28. The summed E-state index contributed by atoms with van der Waals surface area (Å²) in [4.78, 5) is 14.5. The summed E-state index contributed by atoms with van der Waals surface area (Å²) in [5, 5.41) is 9.83. The third-order valence-corrected chi connectivity index (χ3v) is 5.36. The number of nitrogens with zero attached hydrogens (tertiary/aromatic N) is 1. The zero-order chi connectivity index (χ0) is 20.6. The topological polar surface area (TPSA) is 94.3 Å². The van der Waals surface area contributed by atoms with Gasteiger partial charge >= 0.3 is 0 Å². The number of fused-ring (bicyclic) bond motifs is 1. The summed E-state index contributed by atoms with van der Waals surface area (Å²) in [6, 6.07) is 10.7. The largest absolute Gasteiger partial charge is 0.504 e. The Hall–Kier alpha value is -2.87. The maximum Gasteiger partial charge on any atom is 0.258 e. The van der Waals surface area contributed by atoms with Crippen LogP contribution < -0.4 is 15.4 Å². The van der Waals surface area contributed by atoms with Gasteiger partial charge in [-0.05, 0) is 42.4 Å². The van der Waals surface area contributed by atoms with Gasteiger partial charge in [0, 0.05) is 30.2 Å². The van der Waals surface area contributed by atoms with Crippen LogP contribution in [0.4, 0.5) is 5.69 Å².